The first-order valence-corrected chi connectivity index (χ1v) is 6.63. The first-order chi connectivity index (χ1) is 5.75. The highest BCUT2D eigenvalue weighted by atomic mass is 28.3. The van der Waals surface area contributed by atoms with Gasteiger partial charge in [-0.05, 0) is 31.1 Å². The molecule has 0 aliphatic rings. The van der Waals surface area contributed by atoms with Crippen LogP contribution < -0.4 is 5.19 Å². The van der Waals surface area contributed by atoms with E-state index >= 15 is 0 Å². The molecular formula is C10H16OSi. The lowest BCUT2D eigenvalue weighted by Crippen LogP contribution is -2.32. The molecule has 0 aliphatic carbocycles. The number of hydrogen-bond acceptors (Lipinski definition) is 1. The summed E-state index contributed by atoms with van der Waals surface area (Å²) in [6.07, 6.45) is 0. The Morgan fingerprint density at radius 3 is 2.58 bits per heavy atom. The number of hydrogen-bond donors (Lipinski definition) is 0. The quantitative estimate of drug-likeness (QED) is 0.642. The van der Waals surface area contributed by atoms with Gasteiger partial charge in [-0.3, -0.25) is 0 Å². The summed E-state index contributed by atoms with van der Waals surface area (Å²) in [5, 5.41) is 1.43. The third-order valence-corrected chi connectivity index (χ3v) is 4.40. The van der Waals surface area contributed by atoms with Crippen molar-refractivity contribution in [1.29, 1.82) is 0 Å². The second-order valence-electron chi connectivity index (χ2n) is 2.95. The van der Waals surface area contributed by atoms with E-state index in [-0.39, 0.29) is 0 Å². The first-order valence-electron chi connectivity index (χ1n) is 4.42. The zero-order chi connectivity index (χ0) is 8.97. The lowest BCUT2D eigenvalue weighted by atomic mass is 10.2. The van der Waals surface area contributed by atoms with Gasteiger partial charge >= 0.3 is 0 Å². The van der Waals surface area contributed by atoms with Gasteiger partial charge in [0.2, 0.25) is 9.04 Å². The summed E-state index contributed by atoms with van der Waals surface area (Å²) in [6, 6.07) is 8.50. The third-order valence-electron chi connectivity index (χ3n) is 2.04. The van der Waals surface area contributed by atoms with E-state index in [0.29, 0.717) is 0 Å². The van der Waals surface area contributed by atoms with E-state index in [9.17, 15) is 0 Å². The highest BCUT2D eigenvalue weighted by Crippen LogP contribution is 1.97. The van der Waals surface area contributed by atoms with Gasteiger partial charge in [0.15, 0.2) is 0 Å². The SMILES string of the molecule is CCO[SiH](C)c1ccccc1C. The van der Waals surface area contributed by atoms with Gasteiger partial charge in [0, 0.05) is 6.61 Å². The highest BCUT2D eigenvalue weighted by molar-refractivity contribution is 6.66. The fourth-order valence-corrected chi connectivity index (χ4v) is 3.18. The predicted octanol–water partition coefficient (Wildman–Crippen LogP) is 1.59. The molecule has 66 valence electrons. The van der Waals surface area contributed by atoms with Crippen LogP contribution in [0.5, 0.6) is 0 Å². The molecule has 1 rings (SSSR count). The largest absolute Gasteiger partial charge is 0.416 e. The van der Waals surface area contributed by atoms with Crippen LogP contribution in [-0.4, -0.2) is 15.6 Å². The van der Waals surface area contributed by atoms with Crippen LogP contribution in [0.25, 0.3) is 0 Å². The molecule has 1 aromatic rings. The van der Waals surface area contributed by atoms with Crippen LogP contribution >= 0.6 is 0 Å². The lowest BCUT2D eigenvalue weighted by molar-refractivity contribution is 0.354. The van der Waals surface area contributed by atoms with Crippen molar-refractivity contribution >= 4 is 14.2 Å². The van der Waals surface area contributed by atoms with Gasteiger partial charge in [-0.2, -0.15) is 0 Å². The average molecular weight is 180 g/mol. The summed E-state index contributed by atoms with van der Waals surface area (Å²) < 4.78 is 5.65. The minimum absolute atomic E-state index is 0.835. The van der Waals surface area contributed by atoms with Gasteiger partial charge in [0.1, 0.15) is 0 Å². The van der Waals surface area contributed by atoms with Crippen molar-refractivity contribution in [3.05, 3.63) is 29.8 Å². The van der Waals surface area contributed by atoms with E-state index < -0.39 is 9.04 Å². The molecule has 2 heteroatoms. The van der Waals surface area contributed by atoms with E-state index in [2.05, 4.69) is 44.7 Å². The van der Waals surface area contributed by atoms with Gasteiger partial charge in [0.25, 0.3) is 0 Å². The van der Waals surface area contributed by atoms with Gasteiger partial charge < -0.3 is 4.43 Å². The summed E-state index contributed by atoms with van der Waals surface area (Å²) >= 11 is 0. The standard InChI is InChI=1S/C10H16OSi/c1-4-11-12(3)10-8-6-5-7-9(10)2/h5-8,12H,4H2,1-3H3. The van der Waals surface area contributed by atoms with Crippen LogP contribution in [0.3, 0.4) is 0 Å². The van der Waals surface area contributed by atoms with E-state index in [4.69, 9.17) is 4.43 Å². The molecule has 1 atom stereocenters. The normalized spacial score (nSPS) is 12.9. The zero-order valence-electron chi connectivity index (χ0n) is 8.00. The second kappa shape index (κ2) is 4.43. The summed E-state index contributed by atoms with van der Waals surface area (Å²) in [4.78, 5) is 0. The molecule has 0 aromatic heterocycles. The van der Waals surface area contributed by atoms with Crippen molar-refractivity contribution in [1.82, 2.24) is 0 Å². The minimum Gasteiger partial charge on any atom is -0.416 e. The smallest absolute Gasteiger partial charge is 0.205 e. The molecule has 0 bridgehead atoms. The fourth-order valence-electron chi connectivity index (χ4n) is 1.38. The third kappa shape index (κ3) is 2.19. The number of benzene rings is 1. The van der Waals surface area contributed by atoms with Crippen LogP contribution in [0.4, 0.5) is 0 Å². The van der Waals surface area contributed by atoms with Crippen molar-refractivity contribution in [2.75, 3.05) is 6.61 Å². The van der Waals surface area contributed by atoms with Gasteiger partial charge in [-0.15, -0.1) is 0 Å². The Labute approximate surface area is 76.1 Å². The maximum absolute atomic E-state index is 5.65. The zero-order valence-corrected chi connectivity index (χ0v) is 9.16. The van der Waals surface area contributed by atoms with Crippen LogP contribution in [0.15, 0.2) is 24.3 Å². The van der Waals surface area contributed by atoms with E-state index in [1.54, 1.807) is 0 Å². The van der Waals surface area contributed by atoms with E-state index in [1.165, 1.54) is 10.8 Å². The fraction of sp³-hybridized carbons (Fsp3) is 0.400. The topological polar surface area (TPSA) is 9.23 Å². The molecule has 12 heavy (non-hydrogen) atoms. The molecule has 0 saturated carbocycles. The molecule has 1 unspecified atom stereocenters. The minimum atomic E-state index is -1.10. The maximum atomic E-state index is 5.65. The summed E-state index contributed by atoms with van der Waals surface area (Å²) in [7, 11) is -1.10. The molecule has 0 amide bonds. The van der Waals surface area contributed by atoms with Crippen molar-refractivity contribution in [3.8, 4) is 0 Å². The average Bonchev–Trinajstić information content (AvgIpc) is 2.05. The molecule has 1 aromatic carbocycles. The van der Waals surface area contributed by atoms with Crippen molar-refractivity contribution in [3.63, 3.8) is 0 Å². The van der Waals surface area contributed by atoms with Crippen LogP contribution in [0.1, 0.15) is 12.5 Å². The Morgan fingerprint density at radius 2 is 2.00 bits per heavy atom. The molecule has 0 spiro atoms. The molecule has 0 radical (unpaired) electrons. The summed E-state index contributed by atoms with van der Waals surface area (Å²) in [6.45, 7) is 7.27. The molecule has 0 N–H and O–H groups in total. The van der Waals surface area contributed by atoms with Crippen LogP contribution in [-0.2, 0) is 4.43 Å². The Morgan fingerprint density at radius 1 is 1.33 bits per heavy atom. The molecule has 0 aliphatic heterocycles. The molecule has 0 fully saturated rings. The Bertz CT molecular complexity index is 247. The number of aryl methyl sites for hydroxylation is 1. The van der Waals surface area contributed by atoms with Crippen molar-refractivity contribution in [2.24, 2.45) is 0 Å². The van der Waals surface area contributed by atoms with Crippen LogP contribution in [0, 0.1) is 6.92 Å². The molecule has 1 nitrogen and oxygen atoms in total. The highest BCUT2D eigenvalue weighted by Gasteiger charge is 2.08. The monoisotopic (exact) mass is 180 g/mol. The Kier molecular flexibility index (Phi) is 3.50. The Hall–Kier alpha value is -0.603. The Balaban J connectivity index is 2.79. The van der Waals surface area contributed by atoms with Gasteiger partial charge in [-0.1, -0.05) is 24.3 Å². The first kappa shape index (κ1) is 9.48. The molecular weight excluding hydrogens is 164 g/mol. The second-order valence-corrected chi connectivity index (χ2v) is 5.19. The van der Waals surface area contributed by atoms with Crippen LogP contribution in [0.2, 0.25) is 6.55 Å². The van der Waals surface area contributed by atoms with Gasteiger partial charge in [0.05, 0.1) is 0 Å². The lowest BCUT2D eigenvalue weighted by Gasteiger charge is -2.12. The van der Waals surface area contributed by atoms with Crippen molar-refractivity contribution < 1.29 is 4.43 Å². The summed E-state index contributed by atoms with van der Waals surface area (Å²) in [5.41, 5.74) is 1.37. The molecule has 0 saturated heterocycles. The number of rotatable bonds is 3. The predicted molar refractivity (Wildman–Crippen MR) is 55.5 cm³/mol. The van der Waals surface area contributed by atoms with Crippen molar-refractivity contribution in [2.45, 2.75) is 20.4 Å². The van der Waals surface area contributed by atoms with Gasteiger partial charge in [-0.25, -0.2) is 0 Å². The molecule has 0 heterocycles. The maximum Gasteiger partial charge on any atom is 0.205 e. The van der Waals surface area contributed by atoms with E-state index in [1.807, 2.05) is 0 Å². The van der Waals surface area contributed by atoms with E-state index in [0.717, 1.165) is 6.61 Å². The summed E-state index contributed by atoms with van der Waals surface area (Å²) in [5.74, 6) is 0.